The third-order valence-corrected chi connectivity index (χ3v) is 58.1. The Morgan fingerprint density at radius 2 is 1.09 bits per heavy atom. The van der Waals surface area contributed by atoms with E-state index in [1.807, 2.05) is 0 Å². The van der Waals surface area contributed by atoms with Gasteiger partial charge in [-0.05, 0) is 0 Å². The first kappa shape index (κ1) is 24.9. The van der Waals surface area contributed by atoms with Gasteiger partial charge in [0.05, 0.1) is 0 Å². The Kier molecular flexibility index (Phi) is 7.34. The predicted molar refractivity (Wildman–Crippen MR) is 155 cm³/mol. The van der Waals surface area contributed by atoms with Gasteiger partial charge in [0, 0.05) is 0 Å². The summed E-state index contributed by atoms with van der Waals surface area (Å²) in [5, 5.41) is 1.71. The summed E-state index contributed by atoms with van der Waals surface area (Å²) in [6.07, 6.45) is 15.7. The Bertz CT molecular complexity index is 1150. The van der Waals surface area contributed by atoms with Gasteiger partial charge in [-0.15, -0.1) is 0 Å². The molecule has 3 atom stereocenters. The fourth-order valence-electron chi connectivity index (χ4n) is 8.09. The van der Waals surface area contributed by atoms with Crippen LogP contribution in [0.2, 0.25) is 14.8 Å². The normalized spacial score (nSPS) is 20.3. The van der Waals surface area contributed by atoms with Crippen LogP contribution in [0.15, 0.2) is 91.0 Å². The van der Waals surface area contributed by atoms with Gasteiger partial charge in [-0.2, -0.15) is 0 Å². The van der Waals surface area contributed by atoms with Gasteiger partial charge in [-0.3, -0.25) is 0 Å². The molecule has 3 aromatic rings. The van der Waals surface area contributed by atoms with Crippen LogP contribution in [-0.2, 0) is 17.9 Å². The maximum atomic E-state index is 2.79. The van der Waals surface area contributed by atoms with Gasteiger partial charge in [0.1, 0.15) is 0 Å². The summed E-state index contributed by atoms with van der Waals surface area (Å²) in [4.78, 5) is 0. The zero-order valence-corrected chi connectivity index (χ0v) is 25.4. The van der Waals surface area contributed by atoms with E-state index < -0.39 is 23.9 Å². The zero-order chi connectivity index (χ0) is 24.3. The molecule has 0 nitrogen and oxygen atoms in total. The molecule has 0 fully saturated rings. The molecule has 0 spiro atoms. The molecule has 0 aromatic heterocycles. The van der Waals surface area contributed by atoms with Crippen molar-refractivity contribution in [1.29, 1.82) is 0 Å². The van der Waals surface area contributed by atoms with Gasteiger partial charge < -0.3 is 0 Å². The van der Waals surface area contributed by atoms with Crippen molar-refractivity contribution in [3.05, 3.63) is 113 Å². The molecule has 0 amide bonds. The molecule has 0 bridgehead atoms. The van der Waals surface area contributed by atoms with E-state index in [1.165, 1.54) is 45.1 Å². The molecule has 3 aromatic carbocycles. The number of benzene rings is 3. The van der Waals surface area contributed by atoms with E-state index in [0.717, 1.165) is 0 Å². The monoisotopic (exact) mass is 555 g/mol. The molecule has 3 unspecified atom stereocenters. The van der Waals surface area contributed by atoms with Crippen LogP contribution in [0.4, 0.5) is 0 Å². The second kappa shape index (κ2) is 10.3. The number of hydrogen-bond donors (Lipinski definition) is 0. The fraction of sp³-hybridized carbons (Fsp3) is 0.333. The second-order valence-electron chi connectivity index (χ2n) is 11.2. The third kappa shape index (κ3) is 3.96. The van der Waals surface area contributed by atoms with Crippen LogP contribution in [0, 0.1) is 0 Å². The molecule has 5 rings (SSSR count). The van der Waals surface area contributed by atoms with Gasteiger partial charge >= 0.3 is 216 Å². The van der Waals surface area contributed by atoms with Crippen molar-refractivity contribution >= 4 is 23.3 Å². The Balaban J connectivity index is 1.86. The summed E-state index contributed by atoms with van der Waals surface area (Å²) in [5.74, 6) is -1.33. The maximum absolute atomic E-state index is 3.75. The van der Waals surface area contributed by atoms with E-state index in [0.29, 0.717) is 7.25 Å². The minimum absolute atomic E-state index is 0.647. The zero-order valence-electron chi connectivity index (χ0n) is 21.8. The van der Waals surface area contributed by atoms with Gasteiger partial charge in [-0.25, -0.2) is 0 Å². The molecule has 0 saturated heterocycles. The molecule has 2 aliphatic carbocycles. The van der Waals surface area contributed by atoms with Crippen molar-refractivity contribution in [2.45, 2.75) is 61.6 Å². The average molecular weight is 557 g/mol. The summed E-state index contributed by atoms with van der Waals surface area (Å²) in [6.45, 7) is 7.61. The van der Waals surface area contributed by atoms with Crippen molar-refractivity contribution in [3.8, 4) is 0 Å². The fourth-order valence-corrected chi connectivity index (χ4v) is 58.3. The second-order valence-corrected chi connectivity index (χ2v) is 43.7. The molecule has 0 saturated carbocycles. The average Bonchev–Trinajstić information content (AvgIpc) is 3.56. The van der Waals surface area contributed by atoms with Crippen LogP contribution in [-0.4, -0.2) is 5.92 Å². The molecule has 181 valence electrons. The van der Waals surface area contributed by atoms with Crippen molar-refractivity contribution in [2.75, 3.05) is 0 Å². The van der Waals surface area contributed by atoms with Crippen LogP contribution >= 0.6 is 0 Å². The SMILES string of the molecule is CCC[CH2][Zr]([CH2]CCC)([CH]1C=Cc2ccccc21)([CH]1C=Cc2ccccc21)[SiH](C)c1ccccc1. The Morgan fingerprint density at radius 3 is 1.57 bits per heavy atom. The summed E-state index contributed by atoms with van der Waals surface area (Å²) < 4.78 is 4.28. The van der Waals surface area contributed by atoms with E-state index in [1.54, 1.807) is 16.3 Å². The first-order valence-electron chi connectivity index (χ1n) is 13.9. The Labute approximate surface area is 214 Å². The van der Waals surface area contributed by atoms with Crippen molar-refractivity contribution < 1.29 is 17.9 Å². The molecule has 2 aliphatic rings. The van der Waals surface area contributed by atoms with Crippen molar-refractivity contribution in [3.63, 3.8) is 0 Å². The van der Waals surface area contributed by atoms with Crippen LogP contribution < -0.4 is 5.19 Å². The van der Waals surface area contributed by atoms with Gasteiger partial charge in [0.25, 0.3) is 0 Å². The summed E-state index contributed by atoms with van der Waals surface area (Å²) >= 11 is -3.75. The van der Waals surface area contributed by atoms with Crippen molar-refractivity contribution in [1.82, 2.24) is 0 Å². The van der Waals surface area contributed by atoms with E-state index in [4.69, 9.17) is 0 Å². The van der Waals surface area contributed by atoms with Crippen molar-refractivity contribution in [2.24, 2.45) is 0 Å². The number of hydrogen-bond acceptors (Lipinski definition) is 0. The first-order chi connectivity index (χ1) is 17.1. The number of unbranched alkanes of at least 4 members (excludes halogenated alkanes) is 2. The van der Waals surface area contributed by atoms with Gasteiger partial charge in [0.15, 0.2) is 0 Å². The van der Waals surface area contributed by atoms with E-state index in [-0.39, 0.29) is 0 Å². The molecule has 0 radical (unpaired) electrons. The number of rotatable bonds is 10. The summed E-state index contributed by atoms with van der Waals surface area (Å²) in [5.41, 5.74) is 6.27. The van der Waals surface area contributed by atoms with E-state index >= 15 is 0 Å². The summed E-state index contributed by atoms with van der Waals surface area (Å²) in [6, 6.07) is 30.6. The van der Waals surface area contributed by atoms with Crippen LogP contribution in [0.25, 0.3) is 12.2 Å². The Morgan fingerprint density at radius 1 is 0.629 bits per heavy atom. The molecular formula is C33H41SiZr. The van der Waals surface area contributed by atoms with E-state index in [9.17, 15) is 0 Å². The quantitative estimate of drug-likeness (QED) is 0.219. The molecule has 0 N–H and O–H groups in total. The van der Waals surface area contributed by atoms with Crippen LogP contribution in [0.3, 0.4) is 0 Å². The molecule has 35 heavy (non-hydrogen) atoms. The summed E-state index contributed by atoms with van der Waals surface area (Å²) in [7, 11) is 0. The molecule has 0 aliphatic heterocycles. The molecular weight excluding hydrogens is 516 g/mol. The molecule has 0 heterocycles. The van der Waals surface area contributed by atoms with Gasteiger partial charge in [-0.1, -0.05) is 0 Å². The number of allylic oxidation sites excluding steroid dienone is 2. The van der Waals surface area contributed by atoms with Crippen LogP contribution in [0.5, 0.6) is 0 Å². The molecule has 2 heteroatoms. The third-order valence-electron chi connectivity index (χ3n) is 9.89. The minimum atomic E-state index is -3.75. The number of fused-ring (bicyclic) bond motifs is 2. The predicted octanol–water partition coefficient (Wildman–Crippen LogP) is 8.91. The standard InChI is InChI=1S/2C9H7.C7H9Si.2C4H9.Zr/c2*1-2-5-9-7-3-6-8(9)4-1;1-8-7-5-3-2-4-6-7;2*1-3-4-2;/h2*1-7H;2-6,8H,1H3;2*1,3-4H2,2H3;. The Hall–Kier alpha value is -1.76. The van der Waals surface area contributed by atoms with Gasteiger partial charge in [0.2, 0.25) is 0 Å². The van der Waals surface area contributed by atoms with Crippen LogP contribution in [0.1, 0.15) is 69.0 Å². The van der Waals surface area contributed by atoms with E-state index in [2.05, 4.69) is 124 Å². The topological polar surface area (TPSA) is 0 Å². The first-order valence-corrected chi connectivity index (χ1v) is 26.8.